The van der Waals surface area contributed by atoms with Crippen molar-refractivity contribution in [3.05, 3.63) is 76.0 Å². The molecule has 0 unspecified atom stereocenters. The molecule has 3 aromatic rings. The Morgan fingerprint density at radius 2 is 1.80 bits per heavy atom. The number of nitrogens with zero attached hydrogens (tertiary/aromatic N) is 1. The molecule has 150 valence electrons. The number of aliphatic carboxylic acids is 1. The van der Waals surface area contributed by atoms with E-state index < -0.39 is 12.6 Å². The fourth-order valence-electron chi connectivity index (χ4n) is 3.43. The molecule has 0 radical (unpaired) electrons. The summed E-state index contributed by atoms with van der Waals surface area (Å²) in [5.74, 6) is -0.553. The first-order valence-corrected chi connectivity index (χ1v) is 9.44. The molecular formula is C24H24NNaO4. The zero-order valence-corrected chi connectivity index (χ0v) is 20.1. The topological polar surface area (TPSA) is 82.5 Å². The van der Waals surface area contributed by atoms with E-state index in [9.17, 15) is 15.0 Å². The van der Waals surface area contributed by atoms with E-state index in [-0.39, 0.29) is 35.3 Å². The molecule has 30 heavy (non-hydrogen) atoms. The van der Waals surface area contributed by atoms with Crippen LogP contribution in [0, 0.1) is 27.7 Å². The second kappa shape index (κ2) is 10.1. The third-order valence-electron chi connectivity index (χ3n) is 5.13. The molecule has 0 fully saturated rings. The maximum absolute atomic E-state index is 10.7. The Bertz CT molecular complexity index is 1080. The molecule has 0 amide bonds. The van der Waals surface area contributed by atoms with Crippen molar-refractivity contribution in [1.82, 2.24) is 4.98 Å². The van der Waals surface area contributed by atoms with Crippen molar-refractivity contribution < 1.29 is 49.3 Å². The number of aromatic nitrogens is 1. The summed E-state index contributed by atoms with van der Waals surface area (Å²) >= 11 is 0. The zero-order valence-electron chi connectivity index (χ0n) is 18.1. The summed E-state index contributed by atoms with van der Waals surface area (Å²) in [5.41, 5.74) is 7.41. The van der Waals surface area contributed by atoms with E-state index in [1.165, 1.54) is 0 Å². The average molecular weight is 413 g/mol. The Kier molecular flexibility index (Phi) is 8.07. The van der Waals surface area contributed by atoms with Crippen molar-refractivity contribution >= 4 is 5.97 Å². The number of ether oxygens (including phenoxy) is 1. The molecule has 0 aliphatic carbocycles. The molecule has 1 N–H and O–H groups in total. The Balaban J connectivity index is 0.00000320. The summed E-state index contributed by atoms with van der Waals surface area (Å²) in [6, 6.07) is 13.2. The first-order valence-electron chi connectivity index (χ1n) is 9.44. The number of aromatic hydroxyl groups is 1. The Morgan fingerprint density at radius 3 is 2.47 bits per heavy atom. The summed E-state index contributed by atoms with van der Waals surface area (Å²) in [4.78, 5) is 15.4. The molecule has 1 aromatic heterocycles. The van der Waals surface area contributed by atoms with E-state index in [4.69, 9.17) is 9.72 Å². The van der Waals surface area contributed by atoms with E-state index in [2.05, 4.69) is 0 Å². The van der Waals surface area contributed by atoms with Gasteiger partial charge < -0.3 is 19.7 Å². The predicted octanol–water partition coefficient (Wildman–Crippen LogP) is 0.411. The Labute approximate surface area is 199 Å². The quantitative estimate of drug-likeness (QED) is 0.592. The number of carbonyl (C=O) groups excluding carboxylic acids is 1. The molecule has 0 bridgehead atoms. The number of carboxylic acids is 1. The van der Waals surface area contributed by atoms with Crippen LogP contribution in [-0.4, -0.2) is 22.7 Å². The van der Waals surface area contributed by atoms with Gasteiger partial charge in [0, 0.05) is 17.7 Å². The van der Waals surface area contributed by atoms with Gasteiger partial charge >= 0.3 is 29.6 Å². The molecule has 0 saturated carbocycles. The zero-order chi connectivity index (χ0) is 21.1. The van der Waals surface area contributed by atoms with Crippen molar-refractivity contribution in [3.8, 4) is 22.8 Å². The van der Waals surface area contributed by atoms with Gasteiger partial charge in [-0.05, 0) is 74.2 Å². The second-order valence-corrected chi connectivity index (χ2v) is 7.30. The van der Waals surface area contributed by atoms with Gasteiger partial charge in [-0.3, -0.25) is 0 Å². The molecule has 2 aromatic carbocycles. The Hall–Kier alpha value is -2.34. The number of hydrogen-bond acceptors (Lipinski definition) is 5. The van der Waals surface area contributed by atoms with Crippen molar-refractivity contribution in [2.24, 2.45) is 0 Å². The van der Waals surface area contributed by atoms with Crippen molar-refractivity contribution in [2.45, 2.75) is 34.1 Å². The number of rotatable bonds is 6. The largest absolute Gasteiger partial charge is 1.00 e. The van der Waals surface area contributed by atoms with E-state index in [0.29, 0.717) is 17.9 Å². The first-order chi connectivity index (χ1) is 13.8. The number of carbonyl (C=O) groups is 1. The summed E-state index contributed by atoms with van der Waals surface area (Å²) in [6.07, 6.45) is 0.596. The van der Waals surface area contributed by atoms with Gasteiger partial charge in [0.25, 0.3) is 0 Å². The van der Waals surface area contributed by atoms with Gasteiger partial charge in [0.15, 0.2) is 0 Å². The van der Waals surface area contributed by atoms with Gasteiger partial charge in [-0.15, -0.1) is 0 Å². The maximum Gasteiger partial charge on any atom is 1.00 e. The molecule has 0 saturated heterocycles. The van der Waals surface area contributed by atoms with Crippen LogP contribution in [0.4, 0.5) is 0 Å². The molecule has 1 heterocycles. The van der Waals surface area contributed by atoms with Crippen LogP contribution in [0.3, 0.4) is 0 Å². The van der Waals surface area contributed by atoms with E-state index in [0.717, 1.165) is 39.1 Å². The molecule has 0 spiro atoms. The van der Waals surface area contributed by atoms with Crippen LogP contribution in [0.5, 0.6) is 11.5 Å². The number of aryl methyl sites for hydroxylation is 2. The minimum Gasteiger partial charge on any atom is -0.546 e. The summed E-state index contributed by atoms with van der Waals surface area (Å²) in [6.45, 7) is 7.40. The van der Waals surface area contributed by atoms with Gasteiger partial charge in [0.05, 0.1) is 5.97 Å². The summed E-state index contributed by atoms with van der Waals surface area (Å²) in [7, 11) is 0. The van der Waals surface area contributed by atoms with Crippen LogP contribution in [0.1, 0.15) is 33.5 Å². The smallest absolute Gasteiger partial charge is 0.546 e. The second-order valence-electron chi connectivity index (χ2n) is 7.30. The molecule has 3 rings (SSSR count). The molecule has 6 heteroatoms. The van der Waals surface area contributed by atoms with E-state index in [1.807, 2.05) is 64.1 Å². The number of pyridine rings is 1. The van der Waals surface area contributed by atoms with Gasteiger partial charge in [0.2, 0.25) is 0 Å². The minimum absolute atomic E-state index is 0. The normalized spacial score (nSPS) is 10.4. The number of carboxylic acid groups (broad SMARTS) is 1. The summed E-state index contributed by atoms with van der Waals surface area (Å²) < 4.78 is 5.36. The van der Waals surface area contributed by atoms with Crippen LogP contribution >= 0.6 is 0 Å². The van der Waals surface area contributed by atoms with Crippen molar-refractivity contribution in [2.75, 3.05) is 6.61 Å². The monoisotopic (exact) mass is 413 g/mol. The van der Waals surface area contributed by atoms with Crippen LogP contribution in [-0.2, 0) is 11.2 Å². The fraction of sp³-hybridized carbons (Fsp3) is 0.250. The van der Waals surface area contributed by atoms with Crippen LogP contribution in [0.2, 0.25) is 0 Å². The van der Waals surface area contributed by atoms with Crippen LogP contribution in [0.15, 0.2) is 42.5 Å². The van der Waals surface area contributed by atoms with Crippen LogP contribution < -0.4 is 39.4 Å². The number of hydrogen-bond donors (Lipinski definition) is 1. The predicted molar refractivity (Wildman–Crippen MR) is 110 cm³/mol. The molecule has 0 aliphatic heterocycles. The van der Waals surface area contributed by atoms with E-state index in [1.54, 1.807) is 6.07 Å². The minimum atomic E-state index is -1.25. The average Bonchev–Trinajstić information content (AvgIpc) is 2.68. The number of benzene rings is 2. The van der Waals surface area contributed by atoms with Crippen molar-refractivity contribution in [1.29, 1.82) is 0 Å². The van der Waals surface area contributed by atoms with Crippen molar-refractivity contribution in [3.63, 3.8) is 0 Å². The molecule has 0 aliphatic rings. The third kappa shape index (κ3) is 5.42. The van der Waals surface area contributed by atoms with Gasteiger partial charge in [-0.1, -0.05) is 23.8 Å². The Morgan fingerprint density at radius 1 is 1.07 bits per heavy atom. The third-order valence-corrected chi connectivity index (χ3v) is 5.13. The maximum atomic E-state index is 10.7. The van der Waals surface area contributed by atoms with Crippen LogP contribution in [0.25, 0.3) is 11.3 Å². The fourth-order valence-corrected chi connectivity index (χ4v) is 3.43. The van der Waals surface area contributed by atoms with Gasteiger partial charge in [-0.2, -0.15) is 0 Å². The van der Waals surface area contributed by atoms with E-state index >= 15 is 0 Å². The summed E-state index contributed by atoms with van der Waals surface area (Å²) in [5, 5.41) is 21.0. The SMILES string of the molecule is Cc1cccc(-c2nc(Cc3c(C)cc(OCC(=O)[O-])c(C)c3C)ccc2O)c1.[Na+]. The van der Waals surface area contributed by atoms with Gasteiger partial charge in [-0.25, -0.2) is 4.98 Å². The molecular weight excluding hydrogens is 389 g/mol. The molecule has 5 nitrogen and oxygen atoms in total. The molecule has 0 atom stereocenters. The first kappa shape index (κ1) is 23.9. The van der Waals surface area contributed by atoms with Gasteiger partial charge in [0.1, 0.15) is 23.8 Å². The standard InChI is InChI=1S/C24H25NO4.Na/c1-14-6-5-7-18(10-14)24-21(26)9-8-19(25-24)12-20-15(2)11-22(17(4)16(20)3)29-13-23(27)28;/h5-11,26H,12-13H2,1-4H3,(H,27,28);/q;+1/p-1.